The molecule has 1 aliphatic carbocycles. The minimum absolute atomic E-state index is 0.378. The van der Waals surface area contributed by atoms with Gasteiger partial charge in [0.2, 0.25) is 0 Å². The van der Waals surface area contributed by atoms with E-state index in [0.29, 0.717) is 12.0 Å². The number of hydrazine groups is 1. The standard InChI is InChI=1S/C15H28N4/c1-4-13-9-14(19(3)18-13)10-15(17-16)12-7-5-6-11(2)8-12/h9,11-12,15,17H,4-8,10,16H2,1-3H3. The molecule has 1 aromatic heterocycles. The molecule has 0 aliphatic heterocycles. The normalized spacial score (nSPS) is 25.5. The second kappa shape index (κ2) is 6.53. The highest BCUT2D eigenvalue weighted by Gasteiger charge is 2.26. The molecule has 3 atom stereocenters. The number of hydrogen-bond acceptors (Lipinski definition) is 3. The van der Waals surface area contributed by atoms with Crippen molar-refractivity contribution in [2.75, 3.05) is 0 Å². The fourth-order valence-corrected chi connectivity index (χ4v) is 3.37. The number of hydrogen-bond donors (Lipinski definition) is 2. The average molecular weight is 264 g/mol. The zero-order chi connectivity index (χ0) is 13.8. The van der Waals surface area contributed by atoms with Crippen molar-refractivity contribution in [1.82, 2.24) is 15.2 Å². The highest BCUT2D eigenvalue weighted by molar-refractivity contribution is 5.12. The molecule has 1 aliphatic rings. The number of nitrogens with one attached hydrogen (secondary N) is 1. The SMILES string of the molecule is CCc1cc(CC(NN)C2CCCC(C)C2)n(C)n1. The molecule has 4 heteroatoms. The molecular weight excluding hydrogens is 236 g/mol. The Hall–Kier alpha value is -0.870. The second-order valence-corrected chi connectivity index (χ2v) is 6.11. The fraction of sp³-hybridized carbons (Fsp3) is 0.800. The fourth-order valence-electron chi connectivity index (χ4n) is 3.37. The van der Waals surface area contributed by atoms with Gasteiger partial charge in [0.1, 0.15) is 0 Å². The molecule has 19 heavy (non-hydrogen) atoms. The minimum Gasteiger partial charge on any atom is -0.272 e. The van der Waals surface area contributed by atoms with E-state index >= 15 is 0 Å². The Bertz CT molecular complexity index is 399. The van der Waals surface area contributed by atoms with E-state index in [1.165, 1.54) is 37.1 Å². The topological polar surface area (TPSA) is 55.9 Å². The van der Waals surface area contributed by atoms with Crippen LogP contribution in [0.5, 0.6) is 0 Å². The molecule has 0 radical (unpaired) electrons. The molecule has 0 aromatic carbocycles. The Labute approximate surface area is 116 Å². The van der Waals surface area contributed by atoms with Crippen LogP contribution in [0, 0.1) is 11.8 Å². The van der Waals surface area contributed by atoms with Gasteiger partial charge in [0.25, 0.3) is 0 Å². The van der Waals surface area contributed by atoms with Crippen LogP contribution >= 0.6 is 0 Å². The van der Waals surface area contributed by atoms with Gasteiger partial charge in [0.15, 0.2) is 0 Å². The Morgan fingerprint density at radius 2 is 2.32 bits per heavy atom. The number of aryl methyl sites for hydroxylation is 2. The van der Waals surface area contributed by atoms with Gasteiger partial charge in [-0.25, -0.2) is 0 Å². The van der Waals surface area contributed by atoms with Crippen molar-refractivity contribution < 1.29 is 0 Å². The van der Waals surface area contributed by atoms with Gasteiger partial charge in [-0.1, -0.05) is 26.7 Å². The highest BCUT2D eigenvalue weighted by Crippen LogP contribution is 2.31. The van der Waals surface area contributed by atoms with E-state index in [2.05, 4.69) is 30.4 Å². The average Bonchev–Trinajstić information content (AvgIpc) is 2.76. The quantitative estimate of drug-likeness (QED) is 0.633. The summed E-state index contributed by atoms with van der Waals surface area (Å²) in [6.45, 7) is 4.51. The van der Waals surface area contributed by atoms with E-state index in [1.54, 1.807) is 0 Å². The third-order valence-electron chi connectivity index (χ3n) is 4.58. The number of nitrogens with zero attached hydrogens (tertiary/aromatic N) is 2. The molecule has 0 amide bonds. The maximum atomic E-state index is 5.81. The first kappa shape index (κ1) is 14.5. The van der Waals surface area contributed by atoms with Crippen molar-refractivity contribution in [2.45, 2.75) is 58.4 Å². The van der Waals surface area contributed by atoms with Gasteiger partial charge in [0.05, 0.1) is 5.69 Å². The third-order valence-corrected chi connectivity index (χ3v) is 4.58. The van der Waals surface area contributed by atoms with E-state index in [-0.39, 0.29) is 0 Å². The smallest absolute Gasteiger partial charge is 0.0624 e. The van der Waals surface area contributed by atoms with Crippen molar-refractivity contribution in [2.24, 2.45) is 24.7 Å². The maximum Gasteiger partial charge on any atom is 0.0624 e. The van der Waals surface area contributed by atoms with Crippen LogP contribution in [-0.4, -0.2) is 15.8 Å². The first-order chi connectivity index (χ1) is 9.13. The van der Waals surface area contributed by atoms with Crippen molar-refractivity contribution in [3.05, 3.63) is 17.5 Å². The monoisotopic (exact) mass is 264 g/mol. The zero-order valence-corrected chi connectivity index (χ0v) is 12.5. The van der Waals surface area contributed by atoms with E-state index in [0.717, 1.165) is 18.8 Å². The lowest BCUT2D eigenvalue weighted by Gasteiger charge is -2.32. The van der Waals surface area contributed by atoms with Crippen molar-refractivity contribution in [3.63, 3.8) is 0 Å². The summed E-state index contributed by atoms with van der Waals surface area (Å²) in [4.78, 5) is 0. The Balaban J connectivity index is 2.03. The molecule has 108 valence electrons. The summed E-state index contributed by atoms with van der Waals surface area (Å²) in [6, 6.07) is 2.60. The van der Waals surface area contributed by atoms with Crippen LogP contribution < -0.4 is 11.3 Å². The van der Waals surface area contributed by atoms with Crippen LogP contribution in [0.15, 0.2) is 6.07 Å². The maximum absolute atomic E-state index is 5.81. The molecule has 0 spiro atoms. The molecular formula is C15H28N4. The summed E-state index contributed by atoms with van der Waals surface area (Å²) >= 11 is 0. The predicted molar refractivity (Wildman–Crippen MR) is 78.5 cm³/mol. The van der Waals surface area contributed by atoms with Crippen LogP contribution in [0.3, 0.4) is 0 Å². The predicted octanol–water partition coefficient (Wildman–Crippen LogP) is 2.18. The molecule has 0 saturated heterocycles. The Morgan fingerprint density at radius 3 is 2.89 bits per heavy atom. The molecule has 3 unspecified atom stereocenters. The number of nitrogens with two attached hydrogens (primary N) is 1. The molecule has 1 aromatic rings. The van der Waals surface area contributed by atoms with Crippen LogP contribution in [0.25, 0.3) is 0 Å². The van der Waals surface area contributed by atoms with Crippen LogP contribution in [0.2, 0.25) is 0 Å². The summed E-state index contributed by atoms with van der Waals surface area (Å²) in [5.74, 6) is 7.35. The van der Waals surface area contributed by atoms with Crippen molar-refractivity contribution in [3.8, 4) is 0 Å². The van der Waals surface area contributed by atoms with Gasteiger partial charge in [0, 0.05) is 25.2 Å². The van der Waals surface area contributed by atoms with Gasteiger partial charge in [-0.15, -0.1) is 0 Å². The van der Waals surface area contributed by atoms with Crippen molar-refractivity contribution in [1.29, 1.82) is 0 Å². The summed E-state index contributed by atoms with van der Waals surface area (Å²) in [7, 11) is 2.03. The van der Waals surface area contributed by atoms with Gasteiger partial charge >= 0.3 is 0 Å². The molecule has 3 N–H and O–H groups in total. The molecule has 1 fully saturated rings. The molecule has 0 bridgehead atoms. The number of aromatic nitrogens is 2. The zero-order valence-electron chi connectivity index (χ0n) is 12.5. The molecule has 2 rings (SSSR count). The molecule has 1 saturated carbocycles. The summed E-state index contributed by atoms with van der Waals surface area (Å²) in [6.07, 6.45) is 7.30. The Kier molecular flexibility index (Phi) is 4.99. The first-order valence-electron chi connectivity index (χ1n) is 7.62. The highest BCUT2D eigenvalue weighted by atomic mass is 15.3. The van der Waals surface area contributed by atoms with Crippen LogP contribution in [0.4, 0.5) is 0 Å². The van der Waals surface area contributed by atoms with E-state index in [4.69, 9.17) is 5.84 Å². The van der Waals surface area contributed by atoms with Crippen LogP contribution in [0.1, 0.15) is 50.9 Å². The second-order valence-electron chi connectivity index (χ2n) is 6.11. The van der Waals surface area contributed by atoms with Crippen molar-refractivity contribution >= 4 is 0 Å². The lowest BCUT2D eigenvalue weighted by Crippen LogP contribution is -2.44. The van der Waals surface area contributed by atoms with Gasteiger partial charge in [-0.2, -0.15) is 5.10 Å². The summed E-state index contributed by atoms with van der Waals surface area (Å²) in [5, 5.41) is 4.52. The van der Waals surface area contributed by atoms with E-state index < -0.39 is 0 Å². The number of rotatable bonds is 5. The third kappa shape index (κ3) is 3.57. The van der Waals surface area contributed by atoms with Gasteiger partial charge in [-0.3, -0.25) is 16.0 Å². The summed E-state index contributed by atoms with van der Waals surface area (Å²) < 4.78 is 2.01. The molecule has 4 nitrogen and oxygen atoms in total. The van der Waals surface area contributed by atoms with Gasteiger partial charge in [-0.05, 0) is 37.2 Å². The minimum atomic E-state index is 0.378. The lowest BCUT2D eigenvalue weighted by atomic mass is 9.77. The first-order valence-corrected chi connectivity index (χ1v) is 7.62. The van der Waals surface area contributed by atoms with E-state index in [1.807, 2.05) is 11.7 Å². The largest absolute Gasteiger partial charge is 0.272 e. The Morgan fingerprint density at radius 1 is 1.53 bits per heavy atom. The van der Waals surface area contributed by atoms with Gasteiger partial charge < -0.3 is 0 Å². The summed E-state index contributed by atoms with van der Waals surface area (Å²) in [5.41, 5.74) is 5.52. The van der Waals surface area contributed by atoms with Crippen LogP contribution in [-0.2, 0) is 19.9 Å². The molecule has 1 heterocycles. The lowest BCUT2D eigenvalue weighted by molar-refractivity contribution is 0.220. The van der Waals surface area contributed by atoms with E-state index in [9.17, 15) is 0 Å².